The van der Waals surface area contributed by atoms with Gasteiger partial charge in [0.25, 0.3) is 0 Å². The number of halogens is 4. The van der Waals surface area contributed by atoms with Crippen molar-refractivity contribution < 1.29 is 27.1 Å². The van der Waals surface area contributed by atoms with Gasteiger partial charge >= 0.3 is 5.97 Å². The van der Waals surface area contributed by atoms with E-state index in [9.17, 15) is 27.2 Å². The van der Waals surface area contributed by atoms with Crippen molar-refractivity contribution >= 4 is 22.9 Å². The van der Waals surface area contributed by atoms with Crippen LogP contribution in [0.1, 0.15) is 15.9 Å². The number of fused-ring (bicyclic) bond motifs is 1. The highest BCUT2D eigenvalue weighted by Crippen LogP contribution is 2.27. The van der Waals surface area contributed by atoms with Crippen LogP contribution in [0.25, 0.3) is 22.7 Å². The van der Waals surface area contributed by atoms with Crippen LogP contribution < -0.4 is 5.43 Å². The largest absolute Gasteiger partial charge is 0.465 e. The number of pyridine rings is 1. The van der Waals surface area contributed by atoms with Gasteiger partial charge in [-0.15, -0.1) is 0 Å². The number of hydrogen-bond acceptors (Lipinski definition) is 3. The monoisotopic (exact) mass is 377 g/mol. The summed E-state index contributed by atoms with van der Waals surface area (Å²) in [5, 5.41) is -0.512. The predicted molar refractivity (Wildman–Crippen MR) is 90.8 cm³/mol. The molecule has 1 heterocycles. The number of rotatable bonds is 3. The van der Waals surface area contributed by atoms with E-state index in [2.05, 4.69) is 11.3 Å². The van der Waals surface area contributed by atoms with E-state index < -0.39 is 56.7 Å². The fourth-order valence-corrected chi connectivity index (χ4v) is 2.74. The van der Waals surface area contributed by atoms with Crippen LogP contribution in [0.2, 0.25) is 0 Å². The van der Waals surface area contributed by atoms with Crippen molar-refractivity contribution in [3.05, 3.63) is 81.7 Å². The molecule has 0 N–H and O–H groups in total. The minimum Gasteiger partial charge on any atom is -0.465 e. The number of esters is 1. The molecule has 0 amide bonds. The summed E-state index contributed by atoms with van der Waals surface area (Å²) in [5.41, 5.74) is -2.95. The summed E-state index contributed by atoms with van der Waals surface area (Å²) in [6, 6.07) is 3.18. The van der Waals surface area contributed by atoms with Crippen molar-refractivity contribution in [2.45, 2.75) is 0 Å². The van der Waals surface area contributed by atoms with E-state index in [1.165, 1.54) is 0 Å². The maximum Gasteiger partial charge on any atom is 0.343 e. The molecule has 0 saturated heterocycles. The molecule has 8 heteroatoms. The molecule has 2 aromatic carbocycles. The summed E-state index contributed by atoms with van der Waals surface area (Å²) in [5.74, 6) is -5.31. The SMILES string of the molecule is C=Cc1c(F)cc2c(=O)c(C(=O)OC)cn(-c3ccc(F)cc3F)c2c1F. The number of benzene rings is 2. The fourth-order valence-electron chi connectivity index (χ4n) is 2.74. The molecule has 0 atom stereocenters. The number of nitrogens with zero attached hydrogens (tertiary/aromatic N) is 1. The molecule has 0 aliphatic heterocycles. The van der Waals surface area contributed by atoms with Gasteiger partial charge in [-0.2, -0.15) is 0 Å². The average molecular weight is 377 g/mol. The number of carbonyl (C=O) groups excluding carboxylic acids is 1. The molecule has 27 heavy (non-hydrogen) atoms. The van der Waals surface area contributed by atoms with Crippen molar-refractivity contribution in [3.63, 3.8) is 0 Å². The van der Waals surface area contributed by atoms with Crippen molar-refractivity contribution in [2.24, 2.45) is 0 Å². The first-order valence-electron chi connectivity index (χ1n) is 7.53. The van der Waals surface area contributed by atoms with Crippen molar-refractivity contribution in [1.29, 1.82) is 0 Å². The molecule has 0 spiro atoms. The number of ether oxygens (including phenoxy) is 1. The molecule has 0 fully saturated rings. The Hall–Kier alpha value is -3.42. The van der Waals surface area contributed by atoms with E-state index in [4.69, 9.17) is 0 Å². The van der Waals surface area contributed by atoms with Gasteiger partial charge in [0.05, 0.1) is 23.7 Å². The predicted octanol–water partition coefficient (Wildman–Crippen LogP) is 3.98. The van der Waals surface area contributed by atoms with Crippen LogP contribution in [-0.2, 0) is 4.74 Å². The topological polar surface area (TPSA) is 48.3 Å². The Bertz CT molecular complexity index is 1170. The summed E-state index contributed by atoms with van der Waals surface area (Å²) in [6.07, 6.45) is 1.76. The summed E-state index contributed by atoms with van der Waals surface area (Å²) in [6.45, 7) is 3.31. The smallest absolute Gasteiger partial charge is 0.343 e. The zero-order chi connectivity index (χ0) is 19.9. The van der Waals surface area contributed by atoms with E-state index >= 15 is 0 Å². The number of hydrogen-bond donors (Lipinski definition) is 0. The van der Waals surface area contributed by atoms with E-state index in [0.29, 0.717) is 6.07 Å². The van der Waals surface area contributed by atoms with Crippen LogP contribution in [0, 0.1) is 23.3 Å². The number of carbonyl (C=O) groups is 1. The van der Waals surface area contributed by atoms with Crippen LogP contribution >= 0.6 is 0 Å². The van der Waals surface area contributed by atoms with Gasteiger partial charge in [0.2, 0.25) is 5.43 Å². The van der Waals surface area contributed by atoms with E-state index in [-0.39, 0.29) is 5.69 Å². The molecule has 0 saturated carbocycles. The Morgan fingerprint density at radius 2 is 1.85 bits per heavy atom. The second-order valence-corrected chi connectivity index (χ2v) is 5.52. The molecule has 0 aliphatic carbocycles. The van der Waals surface area contributed by atoms with Gasteiger partial charge in [-0.25, -0.2) is 22.4 Å². The van der Waals surface area contributed by atoms with Gasteiger partial charge in [-0.05, 0) is 18.2 Å². The molecule has 3 rings (SSSR count). The van der Waals surface area contributed by atoms with E-state index in [0.717, 1.165) is 42.1 Å². The van der Waals surface area contributed by atoms with Gasteiger partial charge in [-0.3, -0.25) is 4.79 Å². The third kappa shape index (κ3) is 2.88. The zero-order valence-corrected chi connectivity index (χ0v) is 13.9. The molecular weight excluding hydrogens is 366 g/mol. The molecule has 0 radical (unpaired) electrons. The Morgan fingerprint density at radius 3 is 2.44 bits per heavy atom. The highest BCUT2D eigenvalue weighted by molar-refractivity contribution is 5.95. The molecule has 0 unspecified atom stereocenters. The van der Waals surface area contributed by atoms with Gasteiger partial charge in [0.15, 0.2) is 5.82 Å². The van der Waals surface area contributed by atoms with Crippen LogP contribution in [0.15, 0.2) is 41.8 Å². The lowest BCUT2D eigenvalue weighted by atomic mass is 10.1. The van der Waals surface area contributed by atoms with Gasteiger partial charge in [0.1, 0.15) is 23.0 Å². The Kier molecular flexibility index (Phi) is 4.57. The minimum absolute atomic E-state index is 0.355. The molecule has 1 aromatic heterocycles. The van der Waals surface area contributed by atoms with Crippen LogP contribution in [0.4, 0.5) is 17.6 Å². The zero-order valence-electron chi connectivity index (χ0n) is 13.9. The standard InChI is InChI=1S/C19H11F4NO3/c1-3-10-13(21)7-11-17(16(10)23)24(8-12(18(11)25)19(26)27-2)15-5-4-9(20)6-14(15)22/h3-8H,1H2,2H3. The summed E-state index contributed by atoms with van der Waals surface area (Å²) in [4.78, 5) is 24.4. The summed E-state index contributed by atoms with van der Waals surface area (Å²) in [7, 11) is 1.01. The first kappa shape index (κ1) is 18.4. The van der Waals surface area contributed by atoms with Crippen molar-refractivity contribution in [2.75, 3.05) is 7.11 Å². The van der Waals surface area contributed by atoms with Crippen LogP contribution in [-0.4, -0.2) is 17.6 Å². The molecule has 138 valence electrons. The Morgan fingerprint density at radius 1 is 1.15 bits per heavy atom. The normalized spacial score (nSPS) is 10.9. The van der Waals surface area contributed by atoms with E-state index in [1.54, 1.807) is 0 Å². The number of aromatic nitrogens is 1. The Balaban J connectivity index is 2.57. The lowest BCUT2D eigenvalue weighted by Crippen LogP contribution is -2.21. The molecule has 3 aromatic rings. The maximum atomic E-state index is 14.9. The lowest BCUT2D eigenvalue weighted by molar-refractivity contribution is 0.0598. The van der Waals surface area contributed by atoms with Gasteiger partial charge < -0.3 is 9.30 Å². The summed E-state index contributed by atoms with van der Waals surface area (Å²) < 4.78 is 61.9. The molecular formula is C19H11F4NO3. The van der Waals surface area contributed by atoms with Gasteiger partial charge in [-0.1, -0.05) is 12.7 Å². The number of methoxy groups -OCH3 is 1. The quantitative estimate of drug-likeness (QED) is 0.513. The van der Waals surface area contributed by atoms with Crippen molar-refractivity contribution in [1.82, 2.24) is 4.57 Å². The first-order valence-corrected chi connectivity index (χ1v) is 7.53. The molecule has 0 bridgehead atoms. The third-order valence-corrected chi connectivity index (χ3v) is 3.99. The Labute approximate surface area is 149 Å². The highest BCUT2D eigenvalue weighted by atomic mass is 19.1. The lowest BCUT2D eigenvalue weighted by Gasteiger charge is -2.16. The highest BCUT2D eigenvalue weighted by Gasteiger charge is 2.23. The minimum atomic E-state index is -1.18. The average Bonchev–Trinajstić information content (AvgIpc) is 2.62. The summed E-state index contributed by atoms with van der Waals surface area (Å²) >= 11 is 0. The maximum absolute atomic E-state index is 14.9. The third-order valence-electron chi connectivity index (χ3n) is 3.99. The fraction of sp³-hybridized carbons (Fsp3) is 0.0526. The van der Waals surface area contributed by atoms with Crippen LogP contribution in [0.5, 0.6) is 0 Å². The first-order chi connectivity index (χ1) is 12.8. The molecule has 0 aliphatic rings. The second kappa shape index (κ2) is 6.71. The second-order valence-electron chi connectivity index (χ2n) is 5.52. The van der Waals surface area contributed by atoms with Gasteiger partial charge in [0, 0.05) is 17.8 Å². The van der Waals surface area contributed by atoms with E-state index in [1.807, 2.05) is 0 Å². The van der Waals surface area contributed by atoms with Crippen LogP contribution in [0.3, 0.4) is 0 Å². The molecule has 4 nitrogen and oxygen atoms in total. The van der Waals surface area contributed by atoms with Crippen molar-refractivity contribution in [3.8, 4) is 5.69 Å².